The van der Waals surface area contributed by atoms with Crippen LogP contribution in [0.5, 0.6) is 0 Å². The molecule has 0 aromatic carbocycles. The van der Waals surface area contributed by atoms with E-state index in [0.29, 0.717) is 6.42 Å². The molecule has 1 saturated heterocycles. The summed E-state index contributed by atoms with van der Waals surface area (Å²) in [4.78, 5) is 0. The maximum absolute atomic E-state index is 8.29. The van der Waals surface area contributed by atoms with Crippen LogP contribution in [0, 0.1) is 11.3 Å². The Morgan fingerprint density at radius 2 is 2.44 bits per heavy atom. The highest BCUT2D eigenvalue weighted by Gasteiger charge is 2.11. The van der Waals surface area contributed by atoms with Crippen molar-refractivity contribution in [2.75, 3.05) is 6.61 Å². The predicted octanol–water partition coefficient (Wildman–Crippen LogP) is 1.47. The number of nitrogens with zero attached hydrogens (tertiary/aromatic N) is 1. The largest absolute Gasteiger partial charge is 0.377 e. The van der Waals surface area contributed by atoms with Gasteiger partial charge in [-0.25, -0.2) is 0 Å². The summed E-state index contributed by atoms with van der Waals surface area (Å²) in [5.74, 6) is 0. The van der Waals surface area contributed by atoms with Crippen LogP contribution in [-0.4, -0.2) is 12.7 Å². The maximum atomic E-state index is 8.29. The van der Waals surface area contributed by atoms with Crippen molar-refractivity contribution in [2.24, 2.45) is 0 Å². The molecule has 0 saturated carbocycles. The summed E-state index contributed by atoms with van der Waals surface area (Å²) in [6.07, 6.45) is 4.28. The third kappa shape index (κ3) is 2.03. The van der Waals surface area contributed by atoms with Gasteiger partial charge in [0, 0.05) is 6.61 Å². The molecule has 2 heteroatoms. The van der Waals surface area contributed by atoms with Crippen molar-refractivity contribution in [3.05, 3.63) is 0 Å². The van der Waals surface area contributed by atoms with Gasteiger partial charge in [-0.15, -0.1) is 0 Å². The Labute approximate surface area is 55.4 Å². The third-order valence-electron chi connectivity index (χ3n) is 1.59. The zero-order valence-electron chi connectivity index (χ0n) is 5.47. The van der Waals surface area contributed by atoms with Gasteiger partial charge in [-0.1, -0.05) is 0 Å². The monoisotopic (exact) mass is 125 g/mol. The fourth-order valence-electron chi connectivity index (χ4n) is 1.07. The van der Waals surface area contributed by atoms with Gasteiger partial charge in [-0.05, 0) is 19.3 Å². The molecular formula is C7H11NO. The molecule has 0 N–H and O–H groups in total. The lowest BCUT2D eigenvalue weighted by Crippen LogP contribution is -2.17. The minimum absolute atomic E-state index is 0.240. The van der Waals surface area contributed by atoms with E-state index in [1.165, 1.54) is 12.8 Å². The molecule has 0 aromatic heterocycles. The number of hydrogen-bond donors (Lipinski definition) is 0. The molecule has 0 bridgehead atoms. The SMILES string of the molecule is N#CC[C@@H]1CCCCO1. The summed E-state index contributed by atoms with van der Waals surface area (Å²) < 4.78 is 5.30. The van der Waals surface area contributed by atoms with Crippen molar-refractivity contribution in [2.45, 2.75) is 31.8 Å². The van der Waals surface area contributed by atoms with E-state index >= 15 is 0 Å². The predicted molar refractivity (Wildman–Crippen MR) is 33.8 cm³/mol. The van der Waals surface area contributed by atoms with Crippen molar-refractivity contribution in [3.63, 3.8) is 0 Å². The highest BCUT2D eigenvalue weighted by molar-refractivity contribution is 4.77. The van der Waals surface area contributed by atoms with Crippen LogP contribution in [0.3, 0.4) is 0 Å². The molecule has 0 aromatic rings. The molecule has 1 heterocycles. The van der Waals surface area contributed by atoms with Crippen LogP contribution in [0.2, 0.25) is 0 Å². The normalized spacial score (nSPS) is 27.2. The quantitative estimate of drug-likeness (QED) is 0.531. The second-order valence-electron chi connectivity index (χ2n) is 2.35. The Morgan fingerprint density at radius 1 is 1.56 bits per heavy atom. The molecule has 0 spiro atoms. The number of hydrogen-bond acceptors (Lipinski definition) is 2. The second kappa shape index (κ2) is 3.47. The van der Waals surface area contributed by atoms with Crippen LogP contribution >= 0.6 is 0 Å². The maximum Gasteiger partial charge on any atom is 0.0704 e. The molecule has 1 rings (SSSR count). The van der Waals surface area contributed by atoms with Crippen molar-refractivity contribution >= 4 is 0 Å². The zero-order valence-corrected chi connectivity index (χ0v) is 5.47. The first-order valence-corrected chi connectivity index (χ1v) is 3.42. The van der Waals surface area contributed by atoms with Gasteiger partial charge >= 0.3 is 0 Å². The van der Waals surface area contributed by atoms with E-state index < -0.39 is 0 Å². The lowest BCUT2D eigenvalue weighted by Gasteiger charge is -2.19. The van der Waals surface area contributed by atoms with E-state index in [9.17, 15) is 0 Å². The molecule has 0 aliphatic carbocycles. The minimum Gasteiger partial charge on any atom is -0.377 e. The van der Waals surface area contributed by atoms with Crippen molar-refractivity contribution in [1.29, 1.82) is 5.26 Å². The summed E-state index contributed by atoms with van der Waals surface area (Å²) >= 11 is 0. The fraction of sp³-hybridized carbons (Fsp3) is 0.857. The van der Waals surface area contributed by atoms with Gasteiger partial charge in [0.1, 0.15) is 0 Å². The molecule has 1 aliphatic heterocycles. The highest BCUT2D eigenvalue weighted by Crippen LogP contribution is 2.14. The van der Waals surface area contributed by atoms with Crippen LogP contribution < -0.4 is 0 Å². The van der Waals surface area contributed by atoms with Crippen LogP contribution in [0.25, 0.3) is 0 Å². The molecule has 0 unspecified atom stereocenters. The van der Waals surface area contributed by atoms with E-state index in [0.717, 1.165) is 13.0 Å². The number of rotatable bonds is 1. The highest BCUT2D eigenvalue weighted by atomic mass is 16.5. The second-order valence-corrected chi connectivity index (χ2v) is 2.35. The van der Waals surface area contributed by atoms with Gasteiger partial charge in [0.2, 0.25) is 0 Å². The summed E-state index contributed by atoms with van der Waals surface area (Å²) in [7, 11) is 0. The van der Waals surface area contributed by atoms with Gasteiger partial charge in [0.25, 0.3) is 0 Å². The van der Waals surface area contributed by atoms with Crippen LogP contribution in [0.4, 0.5) is 0 Å². The van der Waals surface area contributed by atoms with E-state index in [4.69, 9.17) is 10.00 Å². The van der Waals surface area contributed by atoms with E-state index in [1.807, 2.05) is 0 Å². The van der Waals surface area contributed by atoms with E-state index in [1.54, 1.807) is 0 Å². The first-order valence-electron chi connectivity index (χ1n) is 3.42. The standard InChI is InChI=1S/C7H11NO/c8-5-4-7-3-1-2-6-9-7/h7H,1-4,6H2/t7-/m0/s1. The average Bonchev–Trinajstić information content (AvgIpc) is 1.91. The average molecular weight is 125 g/mol. The molecule has 0 radical (unpaired) electrons. The molecular weight excluding hydrogens is 114 g/mol. The van der Waals surface area contributed by atoms with Gasteiger partial charge in [0.05, 0.1) is 18.6 Å². The van der Waals surface area contributed by atoms with E-state index in [2.05, 4.69) is 6.07 Å². The number of ether oxygens (including phenoxy) is 1. The van der Waals surface area contributed by atoms with Crippen molar-refractivity contribution in [1.82, 2.24) is 0 Å². The summed E-state index contributed by atoms with van der Waals surface area (Å²) in [5, 5.41) is 8.29. The zero-order chi connectivity index (χ0) is 6.53. The van der Waals surface area contributed by atoms with Gasteiger partial charge in [-0.2, -0.15) is 5.26 Å². The Bertz CT molecular complexity index is 111. The topological polar surface area (TPSA) is 33.0 Å². The van der Waals surface area contributed by atoms with Gasteiger partial charge in [-0.3, -0.25) is 0 Å². The Kier molecular flexibility index (Phi) is 2.53. The Morgan fingerprint density at radius 3 is 3.00 bits per heavy atom. The van der Waals surface area contributed by atoms with E-state index in [-0.39, 0.29) is 6.10 Å². The first-order chi connectivity index (χ1) is 4.43. The third-order valence-corrected chi connectivity index (χ3v) is 1.59. The molecule has 1 atom stereocenters. The molecule has 1 fully saturated rings. The molecule has 50 valence electrons. The molecule has 0 amide bonds. The minimum atomic E-state index is 0.240. The summed E-state index contributed by atoms with van der Waals surface area (Å²) in [6, 6.07) is 2.11. The lowest BCUT2D eigenvalue weighted by atomic mass is 10.1. The van der Waals surface area contributed by atoms with Crippen molar-refractivity contribution < 1.29 is 4.74 Å². The summed E-state index contributed by atoms with van der Waals surface area (Å²) in [6.45, 7) is 0.854. The molecule has 2 nitrogen and oxygen atoms in total. The smallest absolute Gasteiger partial charge is 0.0704 e. The van der Waals surface area contributed by atoms with Gasteiger partial charge < -0.3 is 4.74 Å². The van der Waals surface area contributed by atoms with Crippen LogP contribution in [-0.2, 0) is 4.74 Å². The van der Waals surface area contributed by atoms with Crippen LogP contribution in [0.1, 0.15) is 25.7 Å². The fourth-order valence-corrected chi connectivity index (χ4v) is 1.07. The van der Waals surface area contributed by atoms with Crippen LogP contribution in [0.15, 0.2) is 0 Å². The first kappa shape index (κ1) is 6.57. The molecule has 9 heavy (non-hydrogen) atoms. The Hall–Kier alpha value is -0.550. The Balaban J connectivity index is 2.17. The van der Waals surface area contributed by atoms with Gasteiger partial charge in [0.15, 0.2) is 0 Å². The summed E-state index contributed by atoms with van der Waals surface area (Å²) in [5.41, 5.74) is 0. The van der Waals surface area contributed by atoms with Crippen molar-refractivity contribution in [3.8, 4) is 6.07 Å². The lowest BCUT2D eigenvalue weighted by molar-refractivity contribution is 0.0195. The molecule has 1 aliphatic rings. The number of nitriles is 1.